The lowest BCUT2D eigenvalue weighted by molar-refractivity contribution is 0.160. The number of aryl methyl sites for hydroxylation is 1. The summed E-state index contributed by atoms with van der Waals surface area (Å²) in [6.07, 6.45) is 9.07. The molecular weight excluding hydrogens is 340 g/mol. The van der Waals surface area contributed by atoms with Gasteiger partial charge in [-0.3, -0.25) is 9.58 Å². The summed E-state index contributed by atoms with van der Waals surface area (Å²) in [6.45, 7) is 3.10. The van der Waals surface area contributed by atoms with Gasteiger partial charge in [0.05, 0.1) is 23.9 Å². The molecule has 3 aliphatic rings. The molecule has 0 amide bonds. The van der Waals surface area contributed by atoms with Gasteiger partial charge in [0.25, 0.3) is 0 Å². The third-order valence-corrected chi connectivity index (χ3v) is 6.09. The van der Waals surface area contributed by atoms with Crippen molar-refractivity contribution in [1.29, 1.82) is 5.26 Å². The van der Waals surface area contributed by atoms with Crippen molar-refractivity contribution in [2.24, 2.45) is 18.9 Å². The van der Waals surface area contributed by atoms with Crippen LogP contribution in [-0.4, -0.2) is 56.4 Å². The number of fused-ring (bicyclic) bond motifs is 2. The minimum absolute atomic E-state index is 0.297. The SMILES string of the molecule is Cn1cc(Nc2nccc(N3C[C@H]4CC[C@@H](C3)N4C[C@H]3C[C@@H]3C#N)n2)cn1. The molecule has 8 heteroatoms. The fourth-order valence-corrected chi connectivity index (χ4v) is 4.55. The van der Waals surface area contributed by atoms with E-state index in [4.69, 9.17) is 10.2 Å². The molecule has 8 nitrogen and oxygen atoms in total. The van der Waals surface area contributed by atoms with E-state index < -0.39 is 0 Å². The molecule has 4 heterocycles. The van der Waals surface area contributed by atoms with Gasteiger partial charge in [0.15, 0.2) is 0 Å². The van der Waals surface area contributed by atoms with Crippen LogP contribution < -0.4 is 10.2 Å². The van der Waals surface area contributed by atoms with E-state index in [0.717, 1.165) is 37.6 Å². The number of piperazine rings is 1. The van der Waals surface area contributed by atoms with Crippen molar-refractivity contribution >= 4 is 17.5 Å². The highest BCUT2D eigenvalue weighted by molar-refractivity contribution is 5.53. The van der Waals surface area contributed by atoms with Crippen molar-refractivity contribution in [1.82, 2.24) is 24.6 Å². The number of hydrogen-bond acceptors (Lipinski definition) is 7. The van der Waals surface area contributed by atoms with Crippen LogP contribution >= 0.6 is 0 Å². The molecule has 3 fully saturated rings. The van der Waals surface area contributed by atoms with Crippen LogP contribution in [-0.2, 0) is 7.05 Å². The number of nitrogens with zero attached hydrogens (tertiary/aromatic N) is 7. The Kier molecular flexibility index (Phi) is 3.97. The monoisotopic (exact) mass is 364 g/mol. The first-order chi connectivity index (χ1) is 13.2. The highest BCUT2D eigenvalue weighted by Gasteiger charge is 2.45. The van der Waals surface area contributed by atoms with Crippen LogP contribution in [0.25, 0.3) is 0 Å². The normalized spacial score (nSPS) is 29.6. The zero-order chi connectivity index (χ0) is 18.4. The van der Waals surface area contributed by atoms with E-state index in [2.05, 4.69) is 31.3 Å². The fraction of sp³-hybridized carbons (Fsp3) is 0.579. The first-order valence-corrected chi connectivity index (χ1v) is 9.68. The Bertz CT molecular complexity index is 857. The van der Waals surface area contributed by atoms with Crippen molar-refractivity contribution in [3.63, 3.8) is 0 Å². The van der Waals surface area contributed by atoms with E-state index in [-0.39, 0.29) is 0 Å². The van der Waals surface area contributed by atoms with E-state index in [1.807, 2.05) is 25.5 Å². The maximum absolute atomic E-state index is 9.08. The van der Waals surface area contributed by atoms with Crippen molar-refractivity contribution in [2.75, 3.05) is 29.9 Å². The van der Waals surface area contributed by atoms with Crippen LogP contribution in [0.1, 0.15) is 19.3 Å². The Morgan fingerprint density at radius 3 is 2.78 bits per heavy atom. The predicted octanol–water partition coefficient (Wildman–Crippen LogP) is 1.77. The van der Waals surface area contributed by atoms with Gasteiger partial charge in [-0.1, -0.05) is 0 Å². The average molecular weight is 364 g/mol. The molecule has 4 atom stereocenters. The van der Waals surface area contributed by atoms with Crippen molar-refractivity contribution in [2.45, 2.75) is 31.3 Å². The predicted molar refractivity (Wildman–Crippen MR) is 101 cm³/mol. The summed E-state index contributed by atoms with van der Waals surface area (Å²) in [7, 11) is 1.89. The van der Waals surface area contributed by atoms with Gasteiger partial charge in [0.2, 0.25) is 5.95 Å². The molecule has 2 aromatic heterocycles. The molecule has 1 N–H and O–H groups in total. The molecule has 2 aromatic rings. The van der Waals surface area contributed by atoms with Gasteiger partial charge in [-0.05, 0) is 31.2 Å². The van der Waals surface area contributed by atoms with Crippen LogP contribution in [0.3, 0.4) is 0 Å². The zero-order valence-electron chi connectivity index (χ0n) is 15.5. The lowest BCUT2D eigenvalue weighted by Crippen LogP contribution is -2.54. The zero-order valence-corrected chi connectivity index (χ0v) is 15.5. The van der Waals surface area contributed by atoms with Gasteiger partial charge >= 0.3 is 0 Å². The molecule has 1 aliphatic carbocycles. The highest BCUT2D eigenvalue weighted by atomic mass is 15.4. The third kappa shape index (κ3) is 3.23. The number of hydrogen-bond donors (Lipinski definition) is 1. The Balaban J connectivity index is 1.26. The second-order valence-electron chi connectivity index (χ2n) is 7.98. The Morgan fingerprint density at radius 2 is 2.11 bits per heavy atom. The molecule has 27 heavy (non-hydrogen) atoms. The van der Waals surface area contributed by atoms with E-state index in [9.17, 15) is 0 Å². The topological polar surface area (TPSA) is 85.9 Å². The van der Waals surface area contributed by atoms with Gasteiger partial charge < -0.3 is 10.2 Å². The van der Waals surface area contributed by atoms with E-state index in [1.54, 1.807) is 10.9 Å². The molecule has 0 radical (unpaired) electrons. The summed E-state index contributed by atoms with van der Waals surface area (Å²) in [4.78, 5) is 14.1. The lowest BCUT2D eigenvalue weighted by Gasteiger charge is -2.41. The molecule has 0 unspecified atom stereocenters. The second-order valence-corrected chi connectivity index (χ2v) is 7.98. The van der Waals surface area contributed by atoms with Crippen molar-refractivity contribution in [3.8, 4) is 6.07 Å². The molecule has 2 aliphatic heterocycles. The summed E-state index contributed by atoms with van der Waals surface area (Å²) in [5.74, 6) is 2.48. The largest absolute Gasteiger partial charge is 0.353 e. The van der Waals surface area contributed by atoms with E-state index >= 15 is 0 Å². The quantitative estimate of drug-likeness (QED) is 0.865. The number of anilines is 3. The molecule has 140 valence electrons. The molecule has 2 bridgehead atoms. The van der Waals surface area contributed by atoms with Gasteiger partial charge in [0.1, 0.15) is 5.82 Å². The van der Waals surface area contributed by atoms with Crippen LogP contribution in [0.15, 0.2) is 24.7 Å². The first-order valence-electron chi connectivity index (χ1n) is 9.68. The first kappa shape index (κ1) is 16.5. The summed E-state index contributed by atoms with van der Waals surface area (Å²) < 4.78 is 1.75. The minimum atomic E-state index is 0.297. The fourth-order valence-electron chi connectivity index (χ4n) is 4.55. The number of nitrogens with one attached hydrogen (secondary N) is 1. The summed E-state index contributed by atoms with van der Waals surface area (Å²) in [6, 6.07) is 5.57. The minimum Gasteiger partial charge on any atom is -0.353 e. The smallest absolute Gasteiger partial charge is 0.229 e. The lowest BCUT2D eigenvalue weighted by atomic mass is 10.1. The number of rotatable bonds is 5. The van der Waals surface area contributed by atoms with E-state index in [0.29, 0.717) is 29.9 Å². The molecule has 5 rings (SSSR count). The number of nitriles is 1. The molecule has 2 saturated heterocycles. The Hall–Kier alpha value is -2.66. The van der Waals surface area contributed by atoms with Crippen LogP contribution in [0.4, 0.5) is 17.5 Å². The van der Waals surface area contributed by atoms with Gasteiger partial charge in [-0.15, -0.1) is 0 Å². The summed E-state index contributed by atoms with van der Waals surface area (Å²) in [5.41, 5.74) is 0.885. The van der Waals surface area contributed by atoms with Gasteiger partial charge in [-0.2, -0.15) is 15.3 Å². The molecule has 1 saturated carbocycles. The van der Waals surface area contributed by atoms with E-state index in [1.165, 1.54) is 12.8 Å². The summed E-state index contributed by atoms with van der Waals surface area (Å²) in [5, 5.41) is 16.5. The Labute approximate surface area is 158 Å². The molecule has 0 aromatic carbocycles. The maximum Gasteiger partial charge on any atom is 0.229 e. The maximum atomic E-state index is 9.08. The second kappa shape index (κ2) is 6.50. The van der Waals surface area contributed by atoms with Crippen LogP contribution in [0, 0.1) is 23.2 Å². The molecular formula is C19H24N8. The van der Waals surface area contributed by atoms with Gasteiger partial charge in [0, 0.05) is 51.2 Å². The van der Waals surface area contributed by atoms with Gasteiger partial charge in [-0.25, -0.2) is 4.98 Å². The Morgan fingerprint density at radius 1 is 1.30 bits per heavy atom. The highest BCUT2D eigenvalue weighted by Crippen LogP contribution is 2.42. The summed E-state index contributed by atoms with van der Waals surface area (Å²) >= 11 is 0. The number of aromatic nitrogens is 4. The van der Waals surface area contributed by atoms with Crippen LogP contribution in [0.5, 0.6) is 0 Å². The average Bonchev–Trinajstić information content (AvgIpc) is 3.25. The van der Waals surface area contributed by atoms with Crippen LogP contribution in [0.2, 0.25) is 0 Å². The standard InChI is InChI=1S/C19H24N8/c1-25-10-15(8-22-25)23-19-21-5-4-18(24-19)26-11-16-2-3-17(12-26)27(16)9-14-6-13(14)7-20/h4-5,8,10,13-14,16-17H,2-3,6,9,11-12H2,1H3,(H,21,23,24)/t13-,14-,16-,17+/m1/s1. The van der Waals surface area contributed by atoms with Crippen molar-refractivity contribution < 1.29 is 0 Å². The van der Waals surface area contributed by atoms with Crippen molar-refractivity contribution in [3.05, 3.63) is 24.7 Å². The molecule has 0 spiro atoms. The third-order valence-electron chi connectivity index (χ3n) is 6.09.